The molecule has 0 fully saturated rings. The van der Waals surface area contributed by atoms with Crippen molar-refractivity contribution in [1.29, 1.82) is 0 Å². The average molecular weight is 382 g/mol. The second-order valence-electron chi connectivity index (χ2n) is 5.93. The van der Waals surface area contributed by atoms with Crippen LogP contribution in [-0.4, -0.2) is 19.9 Å². The molecular weight excluding hydrogens is 362 g/mol. The SMILES string of the molecule is COc1ccc([C@@H]2CC(c3cccs3)=Nc3ccccc3S2)cc1OC. The van der Waals surface area contributed by atoms with E-state index in [2.05, 4.69) is 47.8 Å². The van der Waals surface area contributed by atoms with Crippen LogP contribution in [0.15, 0.2) is 69.9 Å². The Bertz CT molecular complexity index is 935. The molecule has 1 aliphatic rings. The number of fused-ring (bicyclic) bond motifs is 1. The molecule has 0 aliphatic carbocycles. The van der Waals surface area contributed by atoms with Crippen LogP contribution in [0, 0.1) is 0 Å². The number of methoxy groups -OCH3 is 2. The van der Waals surface area contributed by atoms with Crippen molar-refractivity contribution in [3.8, 4) is 11.5 Å². The van der Waals surface area contributed by atoms with E-state index in [0.717, 1.165) is 29.3 Å². The van der Waals surface area contributed by atoms with E-state index in [0.29, 0.717) is 0 Å². The van der Waals surface area contributed by atoms with Crippen LogP contribution in [0.2, 0.25) is 0 Å². The molecular formula is C21H19NO2S2. The van der Waals surface area contributed by atoms with Gasteiger partial charge in [-0.25, -0.2) is 0 Å². The summed E-state index contributed by atoms with van der Waals surface area (Å²) in [5.74, 6) is 1.51. The summed E-state index contributed by atoms with van der Waals surface area (Å²) in [5, 5.41) is 2.37. The topological polar surface area (TPSA) is 30.8 Å². The van der Waals surface area contributed by atoms with Crippen molar-refractivity contribution < 1.29 is 9.47 Å². The zero-order chi connectivity index (χ0) is 17.9. The molecule has 0 radical (unpaired) electrons. The van der Waals surface area contributed by atoms with E-state index in [-0.39, 0.29) is 5.25 Å². The van der Waals surface area contributed by atoms with E-state index in [4.69, 9.17) is 14.5 Å². The van der Waals surface area contributed by atoms with Gasteiger partial charge in [-0.1, -0.05) is 24.3 Å². The van der Waals surface area contributed by atoms with Gasteiger partial charge in [-0.05, 0) is 41.3 Å². The first-order valence-corrected chi connectivity index (χ1v) is 10.1. The van der Waals surface area contributed by atoms with Gasteiger partial charge < -0.3 is 9.47 Å². The Labute approximate surface area is 161 Å². The zero-order valence-corrected chi connectivity index (χ0v) is 16.3. The lowest BCUT2D eigenvalue weighted by atomic mass is 10.0. The summed E-state index contributed by atoms with van der Waals surface area (Å²) in [6.45, 7) is 0. The smallest absolute Gasteiger partial charge is 0.161 e. The third-order valence-electron chi connectivity index (χ3n) is 4.35. The molecule has 3 nitrogen and oxygen atoms in total. The molecule has 4 rings (SSSR count). The van der Waals surface area contributed by atoms with Gasteiger partial charge in [0.2, 0.25) is 0 Å². The van der Waals surface area contributed by atoms with Gasteiger partial charge in [-0.2, -0.15) is 0 Å². The quantitative estimate of drug-likeness (QED) is 0.545. The van der Waals surface area contributed by atoms with Crippen LogP contribution >= 0.6 is 23.1 Å². The molecule has 0 amide bonds. The van der Waals surface area contributed by atoms with Crippen molar-refractivity contribution >= 4 is 34.5 Å². The molecule has 1 atom stereocenters. The molecule has 2 heterocycles. The molecule has 5 heteroatoms. The second-order valence-corrected chi connectivity index (χ2v) is 8.12. The predicted octanol–water partition coefficient (Wildman–Crippen LogP) is 6.12. The third-order valence-corrected chi connectivity index (χ3v) is 6.59. The lowest BCUT2D eigenvalue weighted by Gasteiger charge is -2.17. The third kappa shape index (κ3) is 3.37. The summed E-state index contributed by atoms with van der Waals surface area (Å²) in [4.78, 5) is 7.42. The van der Waals surface area contributed by atoms with Crippen molar-refractivity contribution in [2.45, 2.75) is 16.6 Å². The predicted molar refractivity (Wildman–Crippen MR) is 110 cm³/mol. The minimum atomic E-state index is 0.263. The summed E-state index contributed by atoms with van der Waals surface area (Å²) in [5.41, 5.74) is 3.40. The summed E-state index contributed by atoms with van der Waals surface area (Å²) in [7, 11) is 3.34. The largest absolute Gasteiger partial charge is 0.493 e. The highest BCUT2D eigenvalue weighted by Gasteiger charge is 2.23. The summed E-state index contributed by atoms with van der Waals surface area (Å²) >= 11 is 3.60. The number of nitrogens with zero attached hydrogens (tertiary/aromatic N) is 1. The van der Waals surface area contributed by atoms with Gasteiger partial charge in [0.15, 0.2) is 11.5 Å². The Balaban J connectivity index is 1.77. The molecule has 0 N–H and O–H groups in total. The Kier molecular flexibility index (Phi) is 5.00. The number of aliphatic imine (C=N–C) groups is 1. The van der Waals surface area contributed by atoms with E-state index in [1.54, 1.807) is 25.6 Å². The maximum Gasteiger partial charge on any atom is 0.161 e. The fourth-order valence-electron chi connectivity index (χ4n) is 3.05. The molecule has 0 bridgehead atoms. The highest BCUT2D eigenvalue weighted by Crippen LogP contribution is 2.47. The van der Waals surface area contributed by atoms with E-state index in [1.165, 1.54) is 15.3 Å². The second kappa shape index (κ2) is 7.56. The monoisotopic (exact) mass is 381 g/mol. The van der Waals surface area contributed by atoms with Gasteiger partial charge in [-0.3, -0.25) is 4.99 Å². The van der Waals surface area contributed by atoms with Crippen LogP contribution in [0.1, 0.15) is 22.1 Å². The normalized spacial score (nSPS) is 16.4. The maximum atomic E-state index is 5.51. The number of rotatable bonds is 4. The summed E-state index contributed by atoms with van der Waals surface area (Å²) in [6, 6.07) is 18.8. The number of hydrogen-bond donors (Lipinski definition) is 0. The molecule has 3 aromatic rings. The van der Waals surface area contributed by atoms with E-state index in [9.17, 15) is 0 Å². The van der Waals surface area contributed by atoms with Crippen LogP contribution < -0.4 is 9.47 Å². The van der Waals surface area contributed by atoms with E-state index >= 15 is 0 Å². The Morgan fingerprint density at radius 3 is 2.58 bits per heavy atom. The van der Waals surface area contributed by atoms with Crippen LogP contribution in [0.4, 0.5) is 5.69 Å². The first kappa shape index (κ1) is 17.2. The van der Waals surface area contributed by atoms with Crippen molar-refractivity contribution in [3.05, 3.63) is 70.4 Å². The Morgan fingerprint density at radius 1 is 0.962 bits per heavy atom. The Hall–Kier alpha value is -2.24. The van der Waals surface area contributed by atoms with Crippen LogP contribution in [0.5, 0.6) is 11.5 Å². The number of ether oxygens (including phenoxy) is 2. The van der Waals surface area contributed by atoms with Gasteiger partial charge in [0.1, 0.15) is 0 Å². The average Bonchev–Trinajstić information content (AvgIpc) is 3.15. The Morgan fingerprint density at radius 2 is 1.81 bits per heavy atom. The summed E-state index contributed by atoms with van der Waals surface area (Å²) in [6.07, 6.45) is 0.870. The molecule has 2 aromatic carbocycles. The number of thiophene rings is 1. The molecule has 0 saturated heterocycles. The molecule has 1 aromatic heterocycles. The summed E-state index contributed by atoms with van der Waals surface area (Å²) < 4.78 is 10.9. The lowest BCUT2D eigenvalue weighted by Crippen LogP contribution is -2.04. The first-order chi connectivity index (χ1) is 12.8. The molecule has 0 spiro atoms. The first-order valence-electron chi connectivity index (χ1n) is 8.37. The van der Waals surface area contributed by atoms with E-state index in [1.807, 2.05) is 23.9 Å². The minimum Gasteiger partial charge on any atom is -0.493 e. The fraction of sp³-hybridized carbons (Fsp3) is 0.190. The highest BCUT2D eigenvalue weighted by atomic mass is 32.2. The van der Waals surface area contributed by atoms with Gasteiger partial charge in [0, 0.05) is 21.4 Å². The molecule has 132 valence electrons. The standard InChI is InChI=1S/C21H19NO2S2/c1-23-17-10-9-14(12-18(17)24-2)21-13-16(19-8-5-11-25-19)22-15-6-3-4-7-20(15)26-21/h3-12,21H,13H2,1-2H3/t21-/m0/s1. The van der Waals surface area contributed by atoms with E-state index < -0.39 is 0 Å². The fourth-order valence-corrected chi connectivity index (χ4v) is 5.00. The van der Waals surface area contributed by atoms with Crippen LogP contribution in [0.25, 0.3) is 0 Å². The number of para-hydroxylation sites is 1. The van der Waals surface area contributed by atoms with Gasteiger partial charge in [0.25, 0.3) is 0 Å². The van der Waals surface area contributed by atoms with Crippen molar-refractivity contribution in [3.63, 3.8) is 0 Å². The van der Waals surface area contributed by atoms with Gasteiger partial charge in [0.05, 0.1) is 25.6 Å². The van der Waals surface area contributed by atoms with Crippen molar-refractivity contribution in [1.82, 2.24) is 0 Å². The number of thioether (sulfide) groups is 1. The zero-order valence-electron chi connectivity index (χ0n) is 14.6. The number of benzene rings is 2. The minimum absolute atomic E-state index is 0.263. The van der Waals surface area contributed by atoms with Gasteiger partial charge in [-0.15, -0.1) is 23.1 Å². The molecule has 0 saturated carbocycles. The molecule has 26 heavy (non-hydrogen) atoms. The van der Waals surface area contributed by atoms with Crippen LogP contribution in [-0.2, 0) is 0 Å². The lowest BCUT2D eigenvalue weighted by molar-refractivity contribution is 0.354. The molecule has 1 aliphatic heterocycles. The van der Waals surface area contributed by atoms with Crippen molar-refractivity contribution in [2.75, 3.05) is 14.2 Å². The van der Waals surface area contributed by atoms with Crippen LogP contribution in [0.3, 0.4) is 0 Å². The maximum absolute atomic E-state index is 5.51. The van der Waals surface area contributed by atoms with Crippen molar-refractivity contribution in [2.24, 2.45) is 4.99 Å². The molecule has 0 unspecified atom stereocenters. The van der Waals surface area contributed by atoms with Gasteiger partial charge >= 0.3 is 0 Å². The number of hydrogen-bond acceptors (Lipinski definition) is 5. The highest BCUT2D eigenvalue weighted by molar-refractivity contribution is 7.99.